The molecule has 0 bridgehead atoms. The molecule has 0 saturated heterocycles. The SMILES string of the molecule is O=S(=O)(O)c1ccccc1C=Cc1ccc(C=Cc2ccccc2S(=O)(=O)O)cc1. The van der Waals surface area contributed by atoms with Gasteiger partial charge in [0, 0.05) is 0 Å². The highest BCUT2D eigenvalue weighted by Crippen LogP contribution is 2.20. The molecule has 3 aromatic carbocycles. The Balaban J connectivity index is 1.81. The van der Waals surface area contributed by atoms with E-state index in [0.717, 1.165) is 11.1 Å². The molecule has 6 nitrogen and oxygen atoms in total. The van der Waals surface area contributed by atoms with Gasteiger partial charge in [-0.05, 0) is 34.4 Å². The van der Waals surface area contributed by atoms with Crippen LogP contribution in [0.5, 0.6) is 0 Å². The molecular weight excluding hydrogens is 424 g/mol. The van der Waals surface area contributed by atoms with Crippen LogP contribution < -0.4 is 0 Å². The van der Waals surface area contributed by atoms with Crippen LogP contribution in [0.25, 0.3) is 24.3 Å². The fourth-order valence-corrected chi connectivity index (χ4v) is 4.17. The Kier molecular flexibility index (Phi) is 6.33. The molecule has 0 unspecified atom stereocenters. The third-order valence-electron chi connectivity index (χ3n) is 4.24. The van der Waals surface area contributed by atoms with Crippen LogP contribution in [0.2, 0.25) is 0 Å². The summed E-state index contributed by atoms with van der Waals surface area (Å²) in [5.41, 5.74) is 2.34. The van der Waals surface area contributed by atoms with Crippen LogP contribution in [0, 0.1) is 0 Å². The Labute approximate surface area is 175 Å². The molecule has 3 aromatic rings. The van der Waals surface area contributed by atoms with Crippen LogP contribution in [0.15, 0.2) is 82.6 Å². The summed E-state index contributed by atoms with van der Waals surface area (Å²) in [5, 5.41) is 0. The maximum atomic E-state index is 11.4. The van der Waals surface area contributed by atoms with Crippen molar-refractivity contribution < 1.29 is 25.9 Å². The number of hydrogen-bond acceptors (Lipinski definition) is 4. The van der Waals surface area contributed by atoms with Gasteiger partial charge in [-0.3, -0.25) is 9.11 Å². The first-order chi connectivity index (χ1) is 14.1. The lowest BCUT2D eigenvalue weighted by Gasteiger charge is -2.03. The zero-order valence-corrected chi connectivity index (χ0v) is 17.2. The summed E-state index contributed by atoms with van der Waals surface area (Å²) < 4.78 is 64.4. The van der Waals surface area contributed by atoms with Gasteiger partial charge in [0.2, 0.25) is 0 Å². The van der Waals surface area contributed by atoms with E-state index in [1.54, 1.807) is 72.8 Å². The van der Waals surface area contributed by atoms with E-state index < -0.39 is 20.2 Å². The van der Waals surface area contributed by atoms with E-state index in [4.69, 9.17) is 0 Å². The first-order valence-electron chi connectivity index (χ1n) is 8.74. The zero-order chi connectivity index (χ0) is 21.8. The maximum absolute atomic E-state index is 11.4. The second-order valence-electron chi connectivity index (χ2n) is 6.36. The third-order valence-corrected chi connectivity index (χ3v) is 6.10. The lowest BCUT2D eigenvalue weighted by Crippen LogP contribution is -2.00. The summed E-state index contributed by atoms with van der Waals surface area (Å²) in [4.78, 5) is -0.336. The number of rotatable bonds is 6. The Bertz CT molecular complexity index is 1220. The Morgan fingerprint density at radius 3 is 1.17 bits per heavy atom. The minimum absolute atomic E-state index is 0.168. The van der Waals surface area contributed by atoms with Gasteiger partial charge in [-0.2, -0.15) is 16.8 Å². The van der Waals surface area contributed by atoms with E-state index in [0.29, 0.717) is 11.1 Å². The Morgan fingerprint density at radius 1 is 0.500 bits per heavy atom. The monoisotopic (exact) mass is 442 g/mol. The van der Waals surface area contributed by atoms with Gasteiger partial charge in [-0.15, -0.1) is 0 Å². The average Bonchev–Trinajstić information content (AvgIpc) is 2.70. The van der Waals surface area contributed by atoms with Crippen molar-refractivity contribution in [3.63, 3.8) is 0 Å². The third kappa shape index (κ3) is 5.52. The van der Waals surface area contributed by atoms with Gasteiger partial charge in [-0.25, -0.2) is 0 Å². The molecule has 0 aromatic heterocycles. The van der Waals surface area contributed by atoms with E-state index in [2.05, 4.69) is 0 Å². The van der Waals surface area contributed by atoms with E-state index in [9.17, 15) is 25.9 Å². The topological polar surface area (TPSA) is 109 Å². The highest BCUT2D eigenvalue weighted by Gasteiger charge is 2.13. The maximum Gasteiger partial charge on any atom is 0.295 e. The van der Waals surface area contributed by atoms with Gasteiger partial charge in [0.1, 0.15) is 9.79 Å². The highest BCUT2D eigenvalue weighted by atomic mass is 32.2. The lowest BCUT2D eigenvalue weighted by molar-refractivity contribution is 0.480. The molecule has 0 saturated carbocycles. The average molecular weight is 443 g/mol. The molecule has 0 atom stereocenters. The van der Waals surface area contributed by atoms with Crippen LogP contribution in [-0.2, 0) is 20.2 Å². The van der Waals surface area contributed by atoms with Gasteiger partial charge >= 0.3 is 0 Å². The normalized spacial score (nSPS) is 12.6. The fraction of sp³-hybridized carbons (Fsp3) is 0. The predicted molar refractivity (Wildman–Crippen MR) is 117 cm³/mol. The predicted octanol–water partition coefficient (Wildman–Crippen LogP) is 4.52. The molecule has 0 heterocycles. The molecule has 0 aliphatic carbocycles. The molecule has 3 rings (SSSR count). The van der Waals surface area contributed by atoms with Gasteiger partial charge in [0.15, 0.2) is 0 Å². The summed E-state index contributed by atoms with van der Waals surface area (Å²) in [5.74, 6) is 0. The highest BCUT2D eigenvalue weighted by molar-refractivity contribution is 7.86. The fourth-order valence-electron chi connectivity index (χ4n) is 2.80. The van der Waals surface area contributed by atoms with Crippen molar-refractivity contribution in [2.24, 2.45) is 0 Å². The molecular formula is C22H18O6S2. The molecule has 154 valence electrons. The second-order valence-corrected chi connectivity index (χ2v) is 9.14. The first-order valence-corrected chi connectivity index (χ1v) is 11.6. The molecule has 2 N–H and O–H groups in total. The van der Waals surface area contributed by atoms with Crippen molar-refractivity contribution in [2.75, 3.05) is 0 Å². The number of benzene rings is 3. The first kappa shape index (κ1) is 21.7. The van der Waals surface area contributed by atoms with Crippen LogP contribution in [0.1, 0.15) is 22.3 Å². The Hall–Kier alpha value is -3.04. The quantitative estimate of drug-likeness (QED) is 0.429. The van der Waals surface area contributed by atoms with Gasteiger partial charge in [0.25, 0.3) is 20.2 Å². The van der Waals surface area contributed by atoms with Crippen molar-refractivity contribution in [1.82, 2.24) is 0 Å². The van der Waals surface area contributed by atoms with Crippen molar-refractivity contribution >= 4 is 44.5 Å². The Morgan fingerprint density at radius 2 is 0.833 bits per heavy atom. The summed E-state index contributed by atoms with van der Waals surface area (Å²) in [6.07, 6.45) is 6.61. The second kappa shape index (κ2) is 8.76. The molecule has 30 heavy (non-hydrogen) atoms. The lowest BCUT2D eigenvalue weighted by atomic mass is 10.1. The van der Waals surface area contributed by atoms with E-state index in [1.807, 2.05) is 0 Å². The largest absolute Gasteiger partial charge is 0.295 e. The van der Waals surface area contributed by atoms with E-state index >= 15 is 0 Å². The molecule has 0 aliphatic heterocycles. The van der Waals surface area contributed by atoms with Crippen LogP contribution in [-0.4, -0.2) is 25.9 Å². The van der Waals surface area contributed by atoms with Crippen molar-refractivity contribution in [1.29, 1.82) is 0 Å². The molecule has 0 fully saturated rings. The van der Waals surface area contributed by atoms with Gasteiger partial charge < -0.3 is 0 Å². The minimum Gasteiger partial charge on any atom is -0.282 e. The standard InChI is InChI=1S/C22H18O6S2/c23-29(24,25)21-7-3-1-5-19(21)15-13-17-9-11-18(12-10-17)14-16-20-6-2-4-8-22(20)30(26,27)28/h1-16H,(H,23,24,25)(H,26,27,28). The van der Waals surface area contributed by atoms with Gasteiger partial charge in [0.05, 0.1) is 0 Å². The molecule has 0 radical (unpaired) electrons. The van der Waals surface area contributed by atoms with Crippen molar-refractivity contribution in [2.45, 2.75) is 9.79 Å². The summed E-state index contributed by atoms with van der Waals surface area (Å²) in [6.45, 7) is 0. The van der Waals surface area contributed by atoms with Crippen molar-refractivity contribution in [3.05, 3.63) is 95.1 Å². The minimum atomic E-state index is -4.31. The molecule has 0 spiro atoms. The van der Waals surface area contributed by atoms with Crippen LogP contribution in [0.4, 0.5) is 0 Å². The number of hydrogen-bond donors (Lipinski definition) is 2. The zero-order valence-electron chi connectivity index (χ0n) is 15.6. The van der Waals surface area contributed by atoms with E-state index in [1.165, 1.54) is 24.3 Å². The van der Waals surface area contributed by atoms with E-state index in [-0.39, 0.29) is 9.79 Å². The molecule has 0 aliphatic rings. The van der Waals surface area contributed by atoms with Gasteiger partial charge in [-0.1, -0.05) is 85.0 Å². The smallest absolute Gasteiger partial charge is 0.282 e. The van der Waals surface area contributed by atoms with Crippen LogP contribution >= 0.6 is 0 Å². The van der Waals surface area contributed by atoms with Crippen molar-refractivity contribution in [3.8, 4) is 0 Å². The summed E-state index contributed by atoms with van der Waals surface area (Å²) in [6, 6.07) is 19.5. The van der Waals surface area contributed by atoms with Crippen LogP contribution in [0.3, 0.4) is 0 Å². The summed E-state index contributed by atoms with van der Waals surface area (Å²) in [7, 11) is -8.63. The summed E-state index contributed by atoms with van der Waals surface area (Å²) >= 11 is 0. The molecule has 0 amide bonds. The molecule has 8 heteroatoms.